The van der Waals surface area contributed by atoms with E-state index in [4.69, 9.17) is 11.6 Å². The number of carbonyl (C=O) groups is 1. The predicted octanol–water partition coefficient (Wildman–Crippen LogP) is 3.41. The molecule has 3 rings (SSSR count). The van der Waals surface area contributed by atoms with E-state index in [1.165, 1.54) is 21.5 Å². The van der Waals surface area contributed by atoms with Gasteiger partial charge < -0.3 is 4.90 Å². The fourth-order valence-electron chi connectivity index (χ4n) is 3.12. The van der Waals surface area contributed by atoms with E-state index in [1.807, 2.05) is 6.07 Å². The molecule has 0 aliphatic carbocycles. The zero-order valence-electron chi connectivity index (χ0n) is 15.7. The highest BCUT2D eigenvalue weighted by Crippen LogP contribution is 2.25. The van der Waals surface area contributed by atoms with Gasteiger partial charge in [0.1, 0.15) is 4.90 Å². The molecule has 0 unspecified atom stereocenters. The number of aryl methyl sites for hydroxylation is 1. The molecule has 2 aromatic rings. The lowest BCUT2D eigenvalue weighted by molar-refractivity contribution is -0.129. The van der Waals surface area contributed by atoms with Gasteiger partial charge in [0.05, 0.1) is 10.8 Å². The summed E-state index contributed by atoms with van der Waals surface area (Å²) in [4.78, 5) is 14.3. The van der Waals surface area contributed by atoms with Crippen LogP contribution in [0.25, 0.3) is 0 Å². The minimum Gasteiger partial charge on any atom is -0.339 e. The summed E-state index contributed by atoms with van der Waals surface area (Å²) >= 11 is 7.63. The van der Waals surface area contributed by atoms with Crippen molar-refractivity contribution in [3.63, 3.8) is 0 Å². The Hall–Kier alpha value is -1.54. The van der Waals surface area contributed by atoms with Crippen molar-refractivity contribution in [2.45, 2.75) is 17.6 Å². The van der Waals surface area contributed by atoms with E-state index in [0.717, 1.165) is 5.75 Å². The number of nitrogens with zero attached hydrogens (tertiary/aromatic N) is 2. The summed E-state index contributed by atoms with van der Waals surface area (Å²) in [7, 11) is -3.64. The number of piperazine rings is 1. The molecule has 0 aromatic heterocycles. The predicted molar refractivity (Wildman–Crippen MR) is 114 cm³/mol. The van der Waals surface area contributed by atoms with E-state index >= 15 is 0 Å². The molecule has 0 radical (unpaired) electrons. The highest BCUT2D eigenvalue weighted by Gasteiger charge is 2.31. The summed E-state index contributed by atoms with van der Waals surface area (Å²) in [5, 5.41) is 0.216. The van der Waals surface area contributed by atoms with Crippen LogP contribution < -0.4 is 0 Å². The maximum absolute atomic E-state index is 12.8. The first kappa shape index (κ1) is 21.2. The molecule has 2 aromatic carbocycles. The summed E-state index contributed by atoms with van der Waals surface area (Å²) in [6.07, 6.45) is 0. The first-order chi connectivity index (χ1) is 13.4. The molecule has 150 valence electrons. The summed E-state index contributed by atoms with van der Waals surface area (Å²) < 4.78 is 27.0. The van der Waals surface area contributed by atoms with E-state index < -0.39 is 10.0 Å². The minimum atomic E-state index is -3.64. The number of rotatable bonds is 6. The Kier molecular flexibility index (Phi) is 7.04. The molecule has 28 heavy (non-hydrogen) atoms. The van der Waals surface area contributed by atoms with Crippen molar-refractivity contribution in [2.75, 3.05) is 31.9 Å². The summed E-state index contributed by atoms with van der Waals surface area (Å²) in [6, 6.07) is 14.7. The van der Waals surface area contributed by atoms with E-state index in [0.29, 0.717) is 18.8 Å². The average Bonchev–Trinajstić information content (AvgIpc) is 2.68. The molecule has 1 heterocycles. The van der Waals surface area contributed by atoms with Crippen LogP contribution >= 0.6 is 23.4 Å². The zero-order valence-corrected chi connectivity index (χ0v) is 18.1. The summed E-state index contributed by atoms with van der Waals surface area (Å²) in [5.41, 5.74) is 2.41. The Bertz CT molecular complexity index is 942. The van der Waals surface area contributed by atoms with Crippen LogP contribution in [0.15, 0.2) is 53.4 Å². The number of hydrogen-bond donors (Lipinski definition) is 0. The Morgan fingerprint density at radius 1 is 1.07 bits per heavy atom. The topological polar surface area (TPSA) is 57.7 Å². The van der Waals surface area contributed by atoms with Crippen molar-refractivity contribution in [3.8, 4) is 0 Å². The van der Waals surface area contributed by atoms with Gasteiger partial charge in [0.2, 0.25) is 15.9 Å². The number of amides is 1. The van der Waals surface area contributed by atoms with Gasteiger partial charge in [0, 0.05) is 31.9 Å². The highest BCUT2D eigenvalue weighted by molar-refractivity contribution is 7.99. The molecule has 5 nitrogen and oxygen atoms in total. The second-order valence-corrected chi connectivity index (χ2v) is 10.00. The molecular weight excluding hydrogens is 416 g/mol. The Morgan fingerprint density at radius 3 is 2.46 bits per heavy atom. The van der Waals surface area contributed by atoms with Gasteiger partial charge in [0.25, 0.3) is 0 Å². The largest absolute Gasteiger partial charge is 0.339 e. The summed E-state index contributed by atoms with van der Waals surface area (Å²) in [6.45, 7) is 3.40. The average molecular weight is 439 g/mol. The highest BCUT2D eigenvalue weighted by atomic mass is 35.5. The van der Waals surface area contributed by atoms with E-state index in [1.54, 1.807) is 34.9 Å². The monoisotopic (exact) mass is 438 g/mol. The van der Waals surface area contributed by atoms with Crippen LogP contribution in [-0.4, -0.2) is 55.5 Å². The first-order valence-electron chi connectivity index (χ1n) is 9.03. The van der Waals surface area contributed by atoms with Gasteiger partial charge in [-0.3, -0.25) is 4.79 Å². The molecule has 0 atom stereocenters. The van der Waals surface area contributed by atoms with Crippen molar-refractivity contribution < 1.29 is 13.2 Å². The van der Waals surface area contributed by atoms with Crippen LogP contribution in [0.5, 0.6) is 0 Å². The molecule has 0 N–H and O–H groups in total. The Labute approximate surface area is 175 Å². The van der Waals surface area contributed by atoms with Gasteiger partial charge in [-0.05, 0) is 24.6 Å². The number of sulfonamides is 1. The molecule has 1 saturated heterocycles. The van der Waals surface area contributed by atoms with Crippen LogP contribution in [-0.2, 0) is 20.6 Å². The lowest BCUT2D eigenvalue weighted by Crippen LogP contribution is -2.51. The molecule has 1 aliphatic heterocycles. The Morgan fingerprint density at radius 2 is 1.79 bits per heavy atom. The lowest BCUT2D eigenvalue weighted by Gasteiger charge is -2.34. The molecule has 1 aliphatic rings. The van der Waals surface area contributed by atoms with Gasteiger partial charge in [-0.2, -0.15) is 4.31 Å². The van der Waals surface area contributed by atoms with Crippen molar-refractivity contribution in [3.05, 3.63) is 64.7 Å². The third kappa shape index (κ3) is 5.08. The van der Waals surface area contributed by atoms with Gasteiger partial charge >= 0.3 is 0 Å². The van der Waals surface area contributed by atoms with Gasteiger partial charge in [-0.25, -0.2) is 8.42 Å². The van der Waals surface area contributed by atoms with Crippen LogP contribution in [0.2, 0.25) is 5.02 Å². The van der Waals surface area contributed by atoms with Crippen molar-refractivity contribution in [2.24, 2.45) is 0 Å². The molecule has 1 fully saturated rings. The fraction of sp³-hybridized carbons (Fsp3) is 0.350. The van der Waals surface area contributed by atoms with E-state index in [9.17, 15) is 13.2 Å². The number of benzene rings is 2. The minimum absolute atomic E-state index is 0.0486. The van der Waals surface area contributed by atoms with E-state index in [-0.39, 0.29) is 28.9 Å². The van der Waals surface area contributed by atoms with E-state index in [2.05, 4.69) is 25.1 Å². The Balaban J connectivity index is 1.50. The smallest absolute Gasteiger partial charge is 0.244 e. The third-order valence-corrected chi connectivity index (χ3v) is 8.01. The second-order valence-electron chi connectivity index (χ2n) is 6.70. The molecule has 0 bridgehead atoms. The van der Waals surface area contributed by atoms with Gasteiger partial charge in [-0.1, -0.05) is 53.6 Å². The molecule has 0 saturated carbocycles. The van der Waals surface area contributed by atoms with Crippen molar-refractivity contribution in [1.82, 2.24) is 9.21 Å². The second kappa shape index (κ2) is 9.31. The molecular formula is C20H23ClN2O3S2. The van der Waals surface area contributed by atoms with Crippen LogP contribution in [0.4, 0.5) is 0 Å². The van der Waals surface area contributed by atoms with Crippen LogP contribution in [0.3, 0.4) is 0 Å². The quantitative estimate of drug-likeness (QED) is 0.693. The number of thioether (sulfide) groups is 1. The SMILES string of the molecule is Cc1cccc(CSCC(=O)N2CCN(S(=O)(=O)c3ccccc3Cl)CC2)c1. The van der Waals surface area contributed by atoms with Crippen LogP contribution in [0.1, 0.15) is 11.1 Å². The molecule has 0 spiro atoms. The first-order valence-corrected chi connectivity index (χ1v) is 12.0. The van der Waals surface area contributed by atoms with Crippen LogP contribution in [0, 0.1) is 6.92 Å². The fourth-order valence-corrected chi connectivity index (χ4v) is 5.91. The van der Waals surface area contributed by atoms with Gasteiger partial charge in [0.15, 0.2) is 0 Å². The number of hydrogen-bond acceptors (Lipinski definition) is 4. The standard InChI is InChI=1S/C20H23ClN2O3S2/c1-16-5-4-6-17(13-16)14-27-15-20(24)22-9-11-23(12-10-22)28(25,26)19-8-3-2-7-18(19)21/h2-8,13H,9-12,14-15H2,1H3. The maximum Gasteiger partial charge on any atom is 0.244 e. The lowest BCUT2D eigenvalue weighted by atomic mass is 10.2. The van der Waals surface area contributed by atoms with Gasteiger partial charge in [-0.15, -0.1) is 11.8 Å². The zero-order chi connectivity index (χ0) is 20.1. The van der Waals surface area contributed by atoms with Crippen molar-refractivity contribution >= 4 is 39.3 Å². The molecule has 1 amide bonds. The summed E-state index contributed by atoms with van der Waals surface area (Å²) in [5.74, 6) is 1.23. The normalized spacial score (nSPS) is 15.6. The number of carbonyl (C=O) groups excluding carboxylic acids is 1. The molecule has 8 heteroatoms. The third-order valence-electron chi connectivity index (χ3n) is 4.62. The van der Waals surface area contributed by atoms with Crippen molar-refractivity contribution in [1.29, 1.82) is 0 Å². The maximum atomic E-state index is 12.8. The number of halogens is 1.